The fourth-order valence-electron chi connectivity index (χ4n) is 3.71. The summed E-state index contributed by atoms with van der Waals surface area (Å²) in [4.78, 5) is 37.1. The highest BCUT2D eigenvalue weighted by Gasteiger charge is 2.54. The second kappa shape index (κ2) is 6.59. The van der Waals surface area contributed by atoms with Gasteiger partial charge in [0.1, 0.15) is 19.1 Å². The van der Waals surface area contributed by atoms with Gasteiger partial charge in [0, 0.05) is 35.9 Å². The van der Waals surface area contributed by atoms with Gasteiger partial charge in [-0.2, -0.15) is 0 Å². The second-order valence-electron chi connectivity index (χ2n) is 7.02. The van der Waals surface area contributed by atoms with Crippen molar-refractivity contribution in [2.75, 3.05) is 26.3 Å². The lowest BCUT2D eigenvalue weighted by Crippen LogP contribution is -2.41. The number of benzene rings is 1. The van der Waals surface area contributed by atoms with Crippen LogP contribution in [0.4, 0.5) is 0 Å². The molecule has 3 aliphatic rings. The van der Waals surface area contributed by atoms with Gasteiger partial charge < -0.3 is 14.4 Å². The lowest BCUT2D eigenvalue weighted by Gasteiger charge is -2.31. The largest absolute Gasteiger partial charge is 0.486 e. The summed E-state index contributed by atoms with van der Waals surface area (Å²) in [5, 5.41) is 10.7. The Hall–Kier alpha value is -2.64. The molecule has 0 spiro atoms. The van der Waals surface area contributed by atoms with E-state index in [-0.39, 0.29) is 22.5 Å². The summed E-state index contributed by atoms with van der Waals surface area (Å²) in [6.07, 6.45) is 1.49. The van der Waals surface area contributed by atoms with Crippen LogP contribution in [0.3, 0.4) is 0 Å². The lowest BCUT2D eigenvalue weighted by molar-refractivity contribution is -0.497. The van der Waals surface area contributed by atoms with Gasteiger partial charge in [-0.3, -0.25) is 19.7 Å². The zero-order valence-corrected chi connectivity index (χ0v) is 14.3. The van der Waals surface area contributed by atoms with E-state index >= 15 is 0 Å². The summed E-state index contributed by atoms with van der Waals surface area (Å²) < 4.78 is 11.0. The molecule has 0 radical (unpaired) electrons. The number of piperidine rings is 1. The number of nitro groups is 1. The Morgan fingerprint density at radius 3 is 2.46 bits per heavy atom. The van der Waals surface area contributed by atoms with Crippen LogP contribution in [0.25, 0.3) is 0 Å². The molecular weight excluding hydrogens is 340 g/mol. The normalized spacial score (nSPS) is 24.8. The van der Waals surface area contributed by atoms with Crippen molar-refractivity contribution in [3.63, 3.8) is 0 Å². The van der Waals surface area contributed by atoms with Crippen molar-refractivity contribution < 1.29 is 24.0 Å². The van der Waals surface area contributed by atoms with Gasteiger partial charge in [0.25, 0.3) is 0 Å². The van der Waals surface area contributed by atoms with Gasteiger partial charge in [-0.05, 0) is 31.0 Å². The number of ketones is 1. The van der Waals surface area contributed by atoms with Crippen LogP contribution in [-0.2, 0) is 4.79 Å². The van der Waals surface area contributed by atoms with E-state index in [4.69, 9.17) is 9.47 Å². The number of carbonyl (C=O) groups excluding carboxylic acids is 2. The number of nitrogens with zero attached hydrogens (tertiary/aromatic N) is 2. The van der Waals surface area contributed by atoms with E-state index < -0.39 is 12.0 Å². The van der Waals surface area contributed by atoms with E-state index in [0.717, 1.165) is 0 Å². The third kappa shape index (κ3) is 3.11. The van der Waals surface area contributed by atoms with E-state index in [2.05, 4.69) is 0 Å². The molecule has 2 fully saturated rings. The van der Waals surface area contributed by atoms with Gasteiger partial charge in [-0.15, -0.1) is 0 Å². The Morgan fingerprint density at radius 2 is 1.81 bits per heavy atom. The van der Waals surface area contributed by atoms with Crippen molar-refractivity contribution in [1.29, 1.82) is 0 Å². The molecule has 8 heteroatoms. The van der Waals surface area contributed by atoms with E-state index in [1.807, 2.05) is 0 Å². The number of hydrogen-bond acceptors (Lipinski definition) is 6. The molecule has 2 heterocycles. The summed E-state index contributed by atoms with van der Waals surface area (Å²) in [6.45, 7) is 1.92. The average Bonchev–Trinajstić information content (AvgIpc) is 3.48. The maximum absolute atomic E-state index is 12.8. The monoisotopic (exact) mass is 360 g/mol. The zero-order chi connectivity index (χ0) is 18.3. The molecule has 8 nitrogen and oxygen atoms in total. The summed E-state index contributed by atoms with van der Waals surface area (Å²) >= 11 is 0. The highest BCUT2D eigenvalue weighted by Crippen LogP contribution is 2.36. The minimum Gasteiger partial charge on any atom is -0.486 e. The standard InChI is InChI=1S/C18H20N2O6/c21-17(12-1-2-15-16(9-12)26-8-7-25-15)11-3-5-19(6-4-11)18(22)13-10-14(13)20(23)24/h1-2,9,11,13-14H,3-8,10H2/t13-,14-/m0/s1. The topological polar surface area (TPSA) is 99.0 Å². The van der Waals surface area contributed by atoms with Crippen molar-refractivity contribution >= 4 is 11.7 Å². The van der Waals surface area contributed by atoms with Crippen molar-refractivity contribution in [3.8, 4) is 11.5 Å². The summed E-state index contributed by atoms with van der Waals surface area (Å²) in [6, 6.07) is 4.50. The maximum Gasteiger partial charge on any atom is 0.232 e. The molecule has 1 saturated heterocycles. The molecule has 2 atom stereocenters. The van der Waals surface area contributed by atoms with Crippen LogP contribution in [0.2, 0.25) is 0 Å². The molecule has 138 valence electrons. The van der Waals surface area contributed by atoms with E-state index in [9.17, 15) is 19.7 Å². The van der Waals surface area contributed by atoms with Gasteiger partial charge in [0.2, 0.25) is 11.9 Å². The van der Waals surface area contributed by atoms with Crippen LogP contribution in [0.15, 0.2) is 18.2 Å². The smallest absolute Gasteiger partial charge is 0.232 e. The molecule has 0 N–H and O–H groups in total. The Morgan fingerprint density at radius 1 is 1.12 bits per heavy atom. The predicted molar refractivity (Wildman–Crippen MR) is 90.0 cm³/mol. The molecular formula is C18H20N2O6. The molecule has 1 amide bonds. The third-order valence-corrected chi connectivity index (χ3v) is 5.35. The van der Waals surface area contributed by atoms with Crippen LogP contribution in [0, 0.1) is 22.0 Å². The number of carbonyl (C=O) groups is 2. The SMILES string of the molecule is O=C(c1ccc2c(c1)OCCO2)C1CCN(C(=O)[C@H]2C[C@@H]2[N+](=O)[O-])CC1. The first-order valence-electron chi connectivity index (χ1n) is 8.90. The molecule has 0 unspecified atom stereocenters. The fourth-order valence-corrected chi connectivity index (χ4v) is 3.71. The van der Waals surface area contributed by atoms with Gasteiger partial charge in [-0.25, -0.2) is 0 Å². The Kier molecular flexibility index (Phi) is 4.26. The van der Waals surface area contributed by atoms with Crippen LogP contribution in [0.5, 0.6) is 11.5 Å². The van der Waals surface area contributed by atoms with Crippen LogP contribution >= 0.6 is 0 Å². The number of rotatable bonds is 4. The highest BCUT2D eigenvalue weighted by atomic mass is 16.6. The minimum absolute atomic E-state index is 0.0451. The number of Topliss-reactive ketones (excluding diaryl/α,β-unsaturated/α-hetero) is 1. The first-order chi connectivity index (χ1) is 12.5. The Bertz CT molecular complexity index is 756. The van der Waals surface area contributed by atoms with Crippen molar-refractivity contribution in [3.05, 3.63) is 33.9 Å². The van der Waals surface area contributed by atoms with Gasteiger partial charge in [0.15, 0.2) is 17.3 Å². The first-order valence-corrected chi connectivity index (χ1v) is 8.90. The van der Waals surface area contributed by atoms with Crippen molar-refractivity contribution in [2.45, 2.75) is 25.3 Å². The van der Waals surface area contributed by atoms with Gasteiger partial charge >= 0.3 is 0 Å². The number of fused-ring (bicyclic) bond motifs is 1. The predicted octanol–water partition coefficient (Wildman–Crippen LogP) is 1.54. The molecule has 1 aromatic carbocycles. The molecule has 26 heavy (non-hydrogen) atoms. The Balaban J connectivity index is 1.35. The summed E-state index contributed by atoms with van der Waals surface area (Å²) in [5.74, 6) is 0.523. The first kappa shape index (κ1) is 16.8. The van der Waals surface area contributed by atoms with Crippen LogP contribution < -0.4 is 9.47 Å². The van der Waals surface area contributed by atoms with Crippen molar-refractivity contribution in [1.82, 2.24) is 4.90 Å². The zero-order valence-electron chi connectivity index (χ0n) is 14.3. The maximum atomic E-state index is 12.8. The summed E-state index contributed by atoms with van der Waals surface area (Å²) in [7, 11) is 0. The quantitative estimate of drug-likeness (QED) is 0.459. The summed E-state index contributed by atoms with van der Waals surface area (Å²) in [5.41, 5.74) is 0.592. The fraction of sp³-hybridized carbons (Fsp3) is 0.556. The van der Waals surface area contributed by atoms with Crippen LogP contribution in [0.1, 0.15) is 29.6 Å². The molecule has 2 aliphatic heterocycles. The molecule has 1 aromatic rings. The lowest BCUT2D eigenvalue weighted by atomic mass is 9.88. The Labute approximate surface area is 150 Å². The van der Waals surface area contributed by atoms with Gasteiger partial charge in [0.05, 0.1) is 0 Å². The third-order valence-electron chi connectivity index (χ3n) is 5.35. The number of likely N-dealkylation sites (tertiary alicyclic amines) is 1. The number of ether oxygens (including phenoxy) is 2. The molecule has 4 rings (SSSR count). The average molecular weight is 360 g/mol. The molecule has 1 aliphatic carbocycles. The number of hydrogen-bond donors (Lipinski definition) is 0. The minimum atomic E-state index is -0.723. The second-order valence-corrected chi connectivity index (χ2v) is 7.02. The highest BCUT2D eigenvalue weighted by molar-refractivity contribution is 5.98. The van der Waals surface area contributed by atoms with Crippen LogP contribution in [-0.4, -0.2) is 53.9 Å². The molecule has 1 saturated carbocycles. The van der Waals surface area contributed by atoms with E-state index in [1.165, 1.54) is 0 Å². The van der Waals surface area contributed by atoms with E-state index in [1.54, 1.807) is 23.1 Å². The molecule has 0 bridgehead atoms. The molecule has 0 aromatic heterocycles. The van der Waals surface area contributed by atoms with Gasteiger partial charge in [-0.1, -0.05) is 0 Å². The van der Waals surface area contributed by atoms with Crippen molar-refractivity contribution in [2.24, 2.45) is 11.8 Å². The van der Waals surface area contributed by atoms with E-state index in [0.29, 0.717) is 62.6 Å². The number of amides is 1.